The third-order valence-electron chi connectivity index (χ3n) is 2.24. The number of hydrogen-bond donors (Lipinski definition) is 0. The van der Waals surface area contributed by atoms with Crippen LogP contribution in [0.3, 0.4) is 0 Å². The fourth-order valence-electron chi connectivity index (χ4n) is 1.46. The zero-order valence-corrected chi connectivity index (χ0v) is 10.5. The maximum atomic E-state index is 12.2. The van der Waals surface area contributed by atoms with Gasteiger partial charge in [0.15, 0.2) is 5.78 Å². The molecule has 19 heavy (non-hydrogen) atoms. The second-order valence-corrected chi connectivity index (χ2v) is 3.83. The molecule has 0 N–H and O–H groups in total. The van der Waals surface area contributed by atoms with Crippen LogP contribution in [0.5, 0.6) is 5.75 Å². The number of Topliss-reactive ketones (excluding diaryl/α,β-unsaturated/α-hetero) is 1. The van der Waals surface area contributed by atoms with Gasteiger partial charge in [-0.3, -0.25) is 4.79 Å². The molecule has 3 nitrogen and oxygen atoms in total. The van der Waals surface area contributed by atoms with Crippen LogP contribution in [-0.4, -0.2) is 25.4 Å². The Hall–Kier alpha value is -1.56. The first-order valence-corrected chi connectivity index (χ1v) is 5.89. The zero-order chi connectivity index (χ0) is 14.3. The number of halogens is 3. The van der Waals surface area contributed by atoms with E-state index in [1.807, 2.05) is 6.92 Å². The molecular weight excluding hydrogens is 261 g/mol. The minimum atomic E-state index is -4.81. The van der Waals surface area contributed by atoms with Crippen molar-refractivity contribution in [1.82, 2.24) is 0 Å². The first-order chi connectivity index (χ1) is 8.94. The third-order valence-corrected chi connectivity index (χ3v) is 2.24. The van der Waals surface area contributed by atoms with Gasteiger partial charge >= 0.3 is 6.36 Å². The van der Waals surface area contributed by atoms with E-state index in [0.717, 1.165) is 12.5 Å². The summed E-state index contributed by atoms with van der Waals surface area (Å²) in [6.07, 6.45) is -3.96. The molecule has 0 heterocycles. The number of alkyl halides is 3. The summed E-state index contributed by atoms with van der Waals surface area (Å²) in [4.78, 5) is 11.8. The van der Waals surface area contributed by atoms with Crippen molar-refractivity contribution >= 4 is 5.78 Å². The van der Waals surface area contributed by atoms with Gasteiger partial charge in [-0.05, 0) is 18.6 Å². The van der Waals surface area contributed by atoms with Crippen molar-refractivity contribution in [1.29, 1.82) is 0 Å². The quantitative estimate of drug-likeness (QED) is 0.564. The van der Waals surface area contributed by atoms with Crippen LogP contribution < -0.4 is 4.74 Å². The summed E-state index contributed by atoms with van der Waals surface area (Å²) in [6.45, 7) is 2.63. The monoisotopic (exact) mass is 276 g/mol. The van der Waals surface area contributed by atoms with Crippen molar-refractivity contribution in [3.63, 3.8) is 0 Å². The van der Waals surface area contributed by atoms with Crippen molar-refractivity contribution in [2.75, 3.05) is 13.2 Å². The van der Waals surface area contributed by atoms with E-state index in [4.69, 9.17) is 4.74 Å². The van der Waals surface area contributed by atoms with Gasteiger partial charge in [-0.1, -0.05) is 19.1 Å². The molecule has 0 aliphatic carbocycles. The van der Waals surface area contributed by atoms with E-state index in [1.165, 1.54) is 18.2 Å². The van der Waals surface area contributed by atoms with Crippen LogP contribution in [0.15, 0.2) is 24.3 Å². The molecule has 0 spiro atoms. The Bertz CT molecular complexity index is 416. The average Bonchev–Trinajstić information content (AvgIpc) is 2.33. The van der Waals surface area contributed by atoms with E-state index in [2.05, 4.69) is 4.74 Å². The molecule has 0 radical (unpaired) electrons. The molecule has 0 unspecified atom stereocenters. The molecule has 1 aromatic rings. The van der Waals surface area contributed by atoms with Crippen LogP contribution in [0.4, 0.5) is 13.2 Å². The Labute approximate surface area is 109 Å². The average molecular weight is 276 g/mol. The fourth-order valence-corrected chi connectivity index (χ4v) is 1.46. The molecule has 0 aliphatic heterocycles. The number of benzene rings is 1. The Morgan fingerprint density at radius 2 is 1.89 bits per heavy atom. The minimum absolute atomic E-state index is 0.0260. The number of rotatable bonds is 7. The lowest BCUT2D eigenvalue weighted by Gasteiger charge is -2.12. The smallest absolute Gasteiger partial charge is 0.405 e. The van der Waals surface area contributed by atoms with Crippen LogP contribution in [-0.2, 0) is 4.74 Å². The van der Waals surface area contributed by atoms with Crippen LogP contribution in [0, 0.1) is 0 Å². The first kappa shape index (κ1) is 15.5. The molecule has 0 atom stereocenters. The summed E-state index contributed by atoms with van der Waals surface area (Å²) in [5.41, 5.74) is -0.0834. The summed E-state index contributed by atoms with van der Waals surface area (Å²) in [7, 11) is 0. The molecule has 0 bridgehead atoms. The molecule has 0 saturated heterocycles. The maximum absolute atomic E-state index is 12.2. The van der Waals surface area contributed by atoms with Crippen LogP contribution in [0.1, 0.15) is 30.1 Å². The zero-order valence-electron chi connectivity index (χ0n) is 10.5. The predicted molar refractivity (Wildman–Crippen MR) is 63.2 cm³/mol. The van der Waals surface area contributed by atoms with Gasteiger partial charge in [0.2, 0.25) is 0 Å². The Balaban J connectivity index is 2.68. The summed E-state index contributed by atoms with van der Waals surface area (Å²) < 4.78 is 45.5. The molecule has 0 fully saturated rings. The lowest BCUT2D eigenvalue weighted by atomic mass is 10.1. The normalized spacial score (nSPS) is 11.4. The molecule has 0 aliphatic rings. The highest BCUT2D eigenvalue weighted by molar-refractivity contribution is 5.98. The first-order valence-electron chi connectivity index (χ1n) is 5.89. The van der Waals surface area contributed by atoms with Gasteiger partial charge < -0.3 is 9.47 Å². The van der Waals surface area contributed by atoms with Gasteiger partial charge in [0, 0.05) is 13.0 Å². The van der Waals surface area contributed by atoms with Crippen LogP contribution in [0.2, 0.25) is 0 Å². The summed E-state index contributed by atoms with van der Waals surface area (Å²) in [5, 5.41) is 0. The molecular formula is C13H15F3O3. The van der Waals surface area contributed by atoms with E-state index in [9.17, 15) is 18.0 Å². The van der Waals surface area contributed by atoms with E-state index in [0.29, 0.717) is 6.61 Å². The highest BCUT2D eigenvalue weighted by atomic mass is 19.4. The van der Waals surface area contributed by atoms with Gasteiger partial charge in [0.1, 0.15) is 5.75 Å². The Morgan fingerprint density at radius 1 is 1.21 bits per heavy atom. The SMILES string of the molecule is CCCOCCC(=O)c1ccccc1OC(F)(F)F. The Morgan fingerprint density at radius 3 is 2.53 bits per heavy atom. The van der Waals surface area contributed by atoms with Crippen molar-refractivity contribution in [2.24, 2.45) is 0 Å². The van der Waals surface area contributed by atoms with Gasteiger partial charge in [0.05, 0.1) is 12.2 Å². The summed E-state index contributed by atoms with van der Waals surface area (Å²) >= 11 is 0. The van der Waals surface area contributed by atoms with E-state index < -0.39 is 17.9 Å². The number of carbonyl (C=O) groups is 1. The van der Waals surface area contributed by atoms with Gasteiger partial charge in [-0.2, -0.15) is 0 Å². The van der Waals surface area contributed by atoms with Gasteiger partial charge in [0.25, 0.3) is 0 Å². The molecule has 1 aromatic carbocycles. The summed E-state index contributed by atoms with van der Waals surface area (Å²) in [5.74, 6) is -0.911. The topological polar surface area (TPSA) is 35.5 Å². The number of carbonyl (C=O) groups excluding carboxylic acids is 1. The van der Waals surface area contributed by atoms with Crippen molar-refractivity contribution in [3.05, 3.63) is 29.8 Å². The maximum Gasteiger partial charge on any atom is 0.573 e. The lowest BCUT2D eigenvalue weighted by Crippen LogP contribution is -2.19. The molecule has 0 aromatic heterocycles. The van der Waals surface area contributed by atoms with Gasteiger partial charge in [-0.15, -0.1) is 13.2 Å². The van der Waals surface area contributed by atoms with E-state index in [-0.39, 0.29) is 18.6 Å². The largest absolute Gasteiger partial charge is 0.573 e. The predicted octanol–water partition coefficient (Wildman–Crippen LogP) is 3.58. The summed E-state index contributed by atoms with van der Waals surface area (Å²) in [6, 6.07) is 5.30. The van der Waals surface area contributed by atoms with Crippen molar-refractivity contribution < 1.29 is 27.4 Å². The molecule has 106 valence electrons. The number of hydrogen-bond acceptors (Lipinski definition) is 3. The second-order valence-electron chi connectivity index (χ2n) is 3.83. The number of para-hydroxylation sites is 1. The second kappa shape index (κ2) is 7.13. The Kier molecular flexibility index (Phi) is 5.82. The highest BCUT2D eigenvalue weighted by Gasteiger charge is 2.32. The lowest BCUT2D eigenvalue weighted by molar-refractivity contribution is -0.274. The molecule has 0 saturated carbocycles. The fraction of sp³-hybridized carbons (Fsp3) is 0.462. The number of ether oxygens (including phenoxy) is 2. The van der Waals surface area contributed by atoms with Gasteiger partial charge in [-0.25, -0.2) is 0 Å². The van der Waals surface area contributed by atoms with E-state index in [1.54, 1.807) is 0 Å². The van der Waals surface area contributed by atoms with E-state index >= 15 is 0 Å². The standard InChI is InChI=1S/C13H15F3O3/c1-2-8-18-9-7-11(17)10-5-3-4-6-12(10)19-13(14,15)16/h3-6H,2,7-9H2,1H3. The van der Waals surface area contributed by atoms with Crippen molar-refractivity contribution in [3.8, 4) is 5.75 Å². The molecule has 0 amide bonds. The van der Waals surface area contributed by atoms with Crippen LogP contribution >= 0.6 is 0 Å². The molecule has 1 rings (SSSR count). The third kappa shape index (κ3) is 5.74. The molecule has 6 heteroatoms. The number of ketones is 1. The van der Waals surface area contributed by atoms with Crippen LogP contribution in [0.25, 0.3) is 0 Å². The highest BCUT2D eigenvalue weighted by Crippen LogP contribution is 2.26. The van der Waals surface area contributed by atoms with Crippen molar-refractivity contribution in [2.45, 2.75) is 26.1 Å². The minimum Gasteiger partial charge on any atom is -0.405 e.